The molecule has 0 bridgehead atoms. The van der Waals surface area contributed by atoms with Gasteiger partial charge in [-0.05, 0) is 17.9 Å². The molecule has 3 N–H and O–H groups in total. The molecule has 1 fully saturated rings. The predicted octanol–water partition coefficient (Wildman–Crippen LogP) is 1.70. The number of hydrogen-bond donors (Lipinski definition) is 2. The van der Waals surface area contributed by atoms with Crippen LogP contribution in [0.3, 0.4) is 0 Å². The molecule has 1 aromatic rings. The van der Waals surface area contributed by atoms with Crippen LogP contribution in [0.25, 0.3) is 0 Å². The fraction of sp³-hybridized carbons (Fsp3) is 0.556. The van der Waals surface area contributed by atoms with E-state index in [1.165, 1.54) is 0 Å². The van der Waals surface area contributed by atoms with E-state index in [0.29, 0.717) is 0 Å². The summed E-state index contributed by atoms with van der Waals surface area (Å²) < 4.78 is 0. The van der Waals surface area contributed by atoms with Gasteiger partial charge in [-0.3, -0.25) is 14.9 Å². The number of benzene rings is 1. The average molecular weight is 317 g/mol. The van der Waals surface area contributed by atoms with E-state index in [0.717, 1.165) is 25.1 Å². The maximum absolute atomic E-state index is 12.1. The van der Waals surface area contributed by atoms with Gasteiger partial charge in [-0.1, -0.05) is 51.1 Å². The SMILES string of the molecule is CC(C)C(=O)N1CC[C@H](N[C@@H](C(N)=O)c2ccccc2)[C@H](C)C1. The molecule has 0 unspecified atom stereocenters. The molecule has 1 aliphatic heterocycles. The van der Waals surface area contributed by atoms with Crippen LogP contribution in [0.1, 0.15) is 38.8 Å². The van der Waals surface area contributed by atoms with Crippen molar-refractivity contribution >= 4 is 11.8 Å². The third-order valence-electron chi connectivity index (χ3n) is 4.51. The summed E-state index contributed by atoms with van der Waals surface area (Å²) in [7, 11) is 0. The van der Waals surface area contributed by atoms with E-state index < -0.39 is 6.04 Å². The number of rotatable bonds is 5. The molecule has 5 nitrogen and oxygen atoms in total. The Bertz CT molecular complexity index is 544. The van der Waals surface area contributed by atoms with Gasteiger partial charge in [-0.2, -0.15) is 0 Å². The van der Waals surface area contributed by atoms with Gasteiger partial charge in [0.1, 0.15) is 6.04 Å². The highest BCUT2D eigenvalue weighted by Gasteiger charge is 2.32. The molecule has 0 spiro atoms. The maximum Gasteiger partial charge on any atom is 0.239 e. The van der Waals surface area contributed by atoms with Crippen molar-refractivity contribution in [2.45, 2.75) is 39.3 Å². The molecule has 1 saturated heterocycles. The summed E-state index contributed by atoms with van der Waals surface area (Å²) in [4.78, 5) is 25.9. The molecule has 1 aromatic carbocycles. The first-order valence-corrected chi connectivity index (χ1v) is 8.29. The molecule has 0 aromatic heterocycles. The third kappa shape index (κ3) is 4.32. The van der Waals surface area contributed by atoms with Crippen molar-refractivity contribution in [2.24, 2.45) is 17.6 Å². The largest absolute Gasteiger partial charge is 0.368 e. The normalized spacial score (nSPS) is 22.9. The molecular formula is C18H27N3O2. The summed E-state index contributed by atoms with van der Waals surface area (Å²) in [6.45, 7) is 7.40. The molecule has 0 saturated carbocycles. The van der Waals surface area contributed by atoms with E-state index in [9.17, 15) is 9.59 Å². The Labute approximate surface area is 138 Å². The number of likely N-dealkylation sites (tertiary alicyclic amines) is 1. The third-order valence-corrected chi connectivity index (χ3v) is 4.51. The fourth-order valence-corrected chi connectivity index (χ4v) is 3.16. The Kier molecular flexibility index (Phi) is 5.77. The maximum atomic E-state index is 12.1. The van der Waals surface area contributed by atoms with E-state index in [2.05, 4.69) is 12.2 Å². The van der Waals surface area contributed by atoms with Crippen molar-refractivity contribution in [1.29, 1.82) is 0 Å². The van der Waals surface area contributed by atoms with Gasteiger partial charge in [0, 0.05) is 25.0 Å². The lowest BCUT2D eigenvalue weighted by Gasteiger charge is -2.39. The van der Waals surface area contributed by atoms with Crippen molar-refractivity contribution in [2.75, 3.05) is 13.1 Å². The summed E-state index contributed by atoms with van der Waals surface area (Å²) in [6.07, 6.45) is 0.830. The van der Waals surface area contributed by atoms with Crippen LogP contribution in [0.5, 0.6) is 0 Å². The molecule has 0 radical (unpaired) electrons. The topological polar surface area (TPSA) is 75.4 Å². The molecule has 2 rings (SSSR count). The van der Waals surface area contributed by atoms with Crippen molar-refractivity contribution in [3.05, 3.63) is 35.9 Å². The molecule has 1 aliphatic rings. The van der Waals surface area contributed by atoms with Gasteiger partial charge in [0.15, 0.2) is 0 Å². The average Bonchev–Trinajstić information content (AvgIpc) is 2.53. The van der Waals surface area contributed by atoms with Crippen molar-refractivity contribution in [1.82, 2.24) is 10.2 Å². The van der Waals surface area contributed by atoms with E-state index in [4.69, 9.17) is 5.73 Å². The van der Waals surface area contributed by atoms with E-state index >= 15 is 0 Å². The quantitative estimate of drug-likeness (QED) is 0.868. The molecule has 1 heterocycles. The number of carbonyl (C=O) groups excluding carboxylic acids is 2. The second kappa shape index (κ2) is 7.59. The van der Waals surface area contributed by atoms with Crippen molar-refractivity contribution < 1.29 is 9.59 Å². The first kappa shape index (κ1) is 17.5. The molecule has 23 heavy (non-hydrogen) atoms. The zero-order valence-corrected chi connectivity index (χ0v) is 14.2. The molecule has 5 heteroatoms. The molecular weight excluding hydrogens is 290 g/mol. The minimum Gasteiger partial charge on any atom is -0.368 e. The van der Waals surface area contributed by atoms with Crippen LogP contribution in [0.4, 0.5) is 0 Å². The van der Waals surface area contributed by atoms with Gasteiger partial charge in [0.05, 0.1) is 0 Å². The second-order valence-electron chi connectivity index (χ2n) is 6.72. The Balaban J connectivity index is 2.02. The minimum absolute atomic E-state index is 0.0226. The highest BCUT2D eigenvalue weighted by molar-refractivity contribution is 5.81. The molecule has 3 atom stereocenters. The van der Waals surface area contributed by atoms with E-state index in [1.54, 1.807) is 0 Å². The highest BCUT2D eigenvalue weighted by Crippen LogP contribution is 2.22. The summed E-state index contributed by atoms with van der Waals surface area (Å²) in [5.41, 5.74) is 6.46. The fourth-order valence-electron chi connectivity index (χ4n) is 3.16. The Morgan fingerprint density at radius 1 is 1.26 bits per heavy atom. The zero-order valence-electron chi connectivity index (χ0n) is 14.2. The van der Waals surface area contributed by atoms with Crippen LogP contribution in [0.15, 0.2) is 30.3 Å². The Hall–Kier alpha value is -1.88. The number of hydrogen-bond acceptors (Lipinski definition) is 3. The van der Waals surface area contributed by atoms with Crippen LogP contribution in [0, 0.1) is 11.8 Å². The van der Waals surface area contributed by atoms with Gasteiger partial charge >= 0.3 is 0 Å². The van der Waals surface area contributed by atoms with Gasteiger partial charge in [0.2, 0.25) is 11.8 Å². The molecule has 126 valence electrons. The summed E-state index contributed by atoms with van der Waals surface area (Å²) in [5, 5.41) is 3.40. The van der Waals surface area contributed by atoms with Gasteiger partial charge in [0.25, 0.3) is 0 Å². The Morgan fingerprint density at radius 3 is 2.43 bits per heavy atom. The number of nitrogens with one attached hydrogen (secondary N) is 1. The summed E-state index contributed by atoms with van der Waals surface area (Å²) in [6, 6.07) is 9.22. The van der Waals surface area contributed by atoms with Gasteiger partial charge in [-0.25, -0.2) is 0 Å². The summed E-state index contributed by atoms with van der Waals surface area (Å²) >= 11 is 0. The van der Waals surface area contributed by atoms with E-state index in [-0.39, 0.29) is 29.7 Å². The summed E-state index contributed by atoms with van der Waals surface area (Å²) in [5.74, 6) is 0.125. The van der Waals surface area contributed by atoms with E-state index in [1.807, 2.05) is 49.1 Å². The number of nitrogens with zero attached hydrogens (tertiary/aromatic N) is 1. The van der Waals surface area contributed by atoms with Crippen molar-refractivity contribution in [3.8, 4) is 0 Å². The number of carbonyl (C=O) groups is 2. The van der Waals surface area contributed by atoms with Crippen LogP contribution >= 0.6 is 0 Å². The molecule has 2 amide bonds. The first-order chi connectivity index (χ1) is 10.9. The Morgan fingerprint density at radius 2 is 1.91 bits per heavy atom. The number of piperidine rings is 1. The first-order valence-electron chi connectivity index (χ1n) is 8.29. The number of nitrogens with two attached hydrogens (primary N) is 1. The predicted molar refractivity (Wildman–Crippen MR) is 90.5 cm³/mol. The van der Waals surface area contributed by atoms with Gasteiger partial charge < -0.3 is 10.6 Å². The number of primary amides is 1. The smallest absolute Gasteiger partial charge is 0.239 e. The lowest BCUT2D eigenvalue weighted by Crippen LogP contribution is -2.53. The lowest BCUT2D eigenvalue weighted by molar-refractivity contribution is -0.136. The van der Waals surface area contributed by atoms with Crippen LogP contribution in [-0.4, -0.2) is 35.8 Å². The van der Waals surface area contributed by atoms with Crippen LogP contribution in [-0.2, 0) is 9.59 Å². The number of amides is 2. The van der Waals surface area contributed by atoms with Crippen LogP contribution < -0.4 is 11.1 Å². The molecule has 0 aliphatic carbocycles. The highest BCUT2D eigenvalue weighted by atomic mass is 16.2. The van der Waals surface area contributed by atoms with Gasteiger partial charge in [-0.15, -0.1) is 0 Å². The standard InChI is InChI=1S/C18H27N3O2/c1-12(2)18(23)21-10-9-15(13(3)11-21)20-16(17(19)22)14-7-5-4-6-8-14/h4-8,12-13,15-16,20H,9-11H2,1-3H3,(H2,19,22)/t13-,15+,16-/m1/s1. The van der Waals surface area contributed by atoms with Crippen LogP contribution in [0.2, 0.25) is 0 Å². The monoisotopic (exact) mass is 317 g/mol. The second-order valence-corrected chi connectivity index (χ2v) is 6.72. The minimum atomic E-state index is -0.490. The van der Waals surface area contributed by atoms with Crippen molar-refractivity contribution in [3.63, 3.8) is 0 Å². The zero-order chi connectivity index (χ0) is 17.0. The lowest BCUT2D eigenvalue weighted by atomic mass is 9.91.